The molecule has 3 N–H and O–H groups in total. The van der Waals surface area contributed by atoms with E-state index in [1.54, 1.807) is 12.1 Å². The van der Waals surface area contributed by atoms with Crippen LogP contribution in [0.3, 0.4) is 0 Å². The smallest absolute Gasteiger partial charge is 0.322 e. The maximum Gasteiger partial charge on any atom is 0.322 e. The number of aryl methyl sites for hydroxylation is 1. The average molecular weight is 406 g/mol. The van der Waals surface area contributed by atoms with Crippen molar-refractivity contribution < 1.29 is 19.8 Å². The fraction of sp³-hybridized carbons (Fsp3) is 0.261. The Morgan fingerprint density at radius 3 is 2.43 bits per heavy atom. The van der Waals surface area contributed by atoms with Gasteiger partial charge in [0.1, 0.15) is 17.9 Å². The van der Waals surface area contributed by atoms with Crippen LogP contribution < -0.4 is 10.9 Å². The normalized spacial score (nSPS) is 13.4. The van der Waals surface area contributed by atoms with E-state index < -0.39 is 35.3 Å². The molecule has 3 aromatic rings. The third kappa shape index (κ3) is 3.54. The van der Waals surface area contributed by atoms with Crippen LogP contribution in [0.5, 0.6) is 5.75 Å². The average Bonchev–Trinajstić information content (AvgIpc) is 3.13. The molecule has 7 heteroatoms. The number of carbonyl (C=O) groups is 2. The monoisotopic (exact) mass is 406 g/mol. The number of benzene rings is 2. The van der Waals surface area contributed by atoms with Gasteiger partial charge < -0.3 is 20.1 Å². The van der Waals surface area contributed by atoms with Crippen molar-refractivity contribution in [2.24, 2.45) is 13.0 Å². The summed E-state index contributed by atoms with van der Waals surface area (Å²) in [6.07, 6.45) is 2.81. The second-order valence-corrected chi connectivity index (χ2v) is 7.76. The molecular weight excluding hydrogens is 384 g/mol. The standard InChI is InChI=1S/C23H22N2O5/c1-25-18-7-6-13(8-14-9-15-4-2-3-5-16(15)10-14)11-17(18)21(28)20(23(25)30)22(29)24-12-19(26)27/h2-7,11,14,28H,8-10,12H2,1H3,(H,24,29)(H,26,27). The van der Waals surface area contributed by atoms with Gasteiger partial charge in [-0.05, 0) is 54.0 Å². The molecule has 1 aromatic heterocycles. The third-order valence-electron chi connectivity index (χ3n) is 5.72. The number of aromatic nitrogens is 1. The molecule has 1 amide bonds. The van der Waals surface area contributed by atoms with Crippen molar-refractivity contribution in [3.63, 3.8) is 0 Å². The number of carboxylic acid groups (broad SMARTS) is 1. The Morgan fingerprint density at radius 1 is 1.13 bits per heavy atom. The zero-order valence-corrected chi connectivity index (χ0v) is 16.5. The Kier molecular flexibility index (Phi) is 5.03. The van der Waals surface area contributed by atoms with Gasteiger partial charge in [-0.1, -0.05) is 30.3 Å². The Morgan fingerprint density at radius 2 is 1.80 bits per heavy atom. The van der Waals surface area contributed by atoms with Crippen molar-refractivity contribution in [1.82, 2.24) is 9.88 Å². The van der Waals surface area contributed by atoms with E-state index in [2.05, 4.69) is 17.4 Å². The van der Waals surface area contributed by atoms with Crippen molar-refractivity contribution in [2.45, 2.75) is 19.3 Å². The number of carboxylic acids is 1. The molecule has 30 heavy (non-hydrogen) atoms. The van der Waals surface area contributed by atoms with Gasteiger partial charge >= 0.3 is 5.97 Å². The fourth-order valence-electron chi connectivity index (χ4n) is 4.28. The summed E-state index contributed by atoms with van der Waals surface area (Å²) in [6.45, 7) is -0.637. The fourth-order valence-corrected chi connectivity index (χ4v) is 4.28. The summed E-state index contributed by atoms with van der Waals surface area (Å²) in [6, 6.07) is 13.9. The molecule has 0 saturated heterocycles. The predicted octanol–water partition coefficient (Wildman–Crippen LogP) is 2.02. The first-order valence-corrected chi connectivity index (χ1v) is 9.76. The van der Waals surface area contributed by atoms with Gasteiger partial charge in [-0.15, -0.1) is 0 Å². The topological polar surface area (TPSA) is 109 Å². The molecule has 0 spiro atoms. The molecule has 154 valence electrons. The van der Waals surface area contributed by atoms with Gasteiger partial charge in [0.25, 0.3) is 11.5 Å². The summed E-state index contributed by atoms with van der Waals surface area (Å²) in [5.74, 6) is -2.12. The van der Waals surface area contributed by atoms with Gasteiger partial charge in [0.2, 0.25) is 0 Å². The molecule has 2 aromatic carbocycles. The lowest BCUT2D eigenvalue weighted by Gasteiger charge is -2.14. The number of fused-ring (bicyclic) bond motifs is 2. The molecule has 0 aliphatic heterocycles. The Bertz CT molecular complexity index is 1200. The highest BCUT2D eigenvalue weighted by atomic mass is 16.4. The van der Waals surface area contributed by atoms with Crippen molar-refractivity contribution in [3.05, 3.63) is 75.1 Å². The van der Waals surface area contributed by atoms with Gasteiger partial charge in [-0.25, -0.2) is 0 Å². The van der Waals surface area contributed by atoms with E-state index in [4.69, 9.17) is 5.11 Å². The maximum atomic E-state index is 12.6. The molecule has 0 atom stereocenters. The Labute approximate surface area is 172 Å². The van der Waals surface area contributed by atoms with Crippen LogP contribution in [0.1, 0.15) is 27.0 Å². The lowest BCUT2D eigenvalue weighted by Crippen LogP contribution is -2.35. The number of amides is 1. The van der Waals surface area contributed by atoms with Crippen LogP contribution in [-0.4, -0.2) is 33.2 Å². The lowest BCUT2D eigenvalue weighted by molar-refractivity contribution is -0.135. The number of carbonyl (C=O) groups excluding carboxylic acids is 1. The number of aromatic hydroxyl groups is 1. The Balaban J connectivity index is 1.67. The first-order valence-electron chi connectivity index (χ1n) is 9.76. The van der Waals surface area contributed by atoms with Crippen molar-refractivity contribution in [3.8, 4) is 5.75 Å². The minimum absolute atomic E-state index is 0.394. The van der Waals surface area contributed by atoms with E-state index in [1.165, 1.54) is 22.7 Å². The molecule has 0 unspecified atom stereocenters. The molecule has 0 radical (unpaired) electrons. The summed E-state index contributed by atoms with van der Waals surface area (Å²) in [4.78, 5) is 35.6. The number of rotatable bonds is 5. The van der Waals surface area contributed by atoms with Crippen LogP contribution in [0, 0.1) is 5.92 Å². The van der Waals surface area contributed by atoms with E-state index in [0.717, 1.165) is 24.8 Å². The van der Waals surface area contributed by atoms with Crippen molar-refractivity contribution in [2.75, 3.05) is 6.54 Å². The number of hydrogen-bond donors (Lipinski definition) is 3. The second kappa shape index (κ2) is 7.67. The van der Waals surface area contributed by atoms with Gasteiger partial charge in [0, 0.05) is 12.4 Å². The highest BCUT2D eigenvalue weighted by molar-refractivity contribution is 6.03. The minimum atomic E-state index is -1.24. The molecule has 0 saturated carbocycles. The van der Waals surface area contributed by atoms with Gasteiger partial charge in [0.15, 0.2) is 0 Å². The predicted molar refractivity (Wildman–Crippen MR) is 112 cm³/mol. The van der Waals surface area contributed by atoms with E-state index in [-0.39, 0.29) is 0 Å². The third-order valence-corrected chi connectivity index (χ3v) is 5.72. The van der Waals surface area contributed by atoms with Crippen LogP contribution in [-0.2, 0) is 31.1 Å². The number of nitrogens with zero attached hydrogens (tertiary/aromatic N) is 1. The largest absolute Gasteiger partial charge is 0.506 e. The van der Waals surface area contributed by atoms with Gasteiger partial charge in [-0.2, -0.15) is 0 Å². The second-order valence-electron chi connectivity index (χ2n) is 7.76. The van der Waals surface area contributed by atoms with Gasteiger partial charge in [0.05, 0.1) is 5.52 Å². The van der Waals surface area contributed by atoms with E-state index in [0.29, 0.717) is 16.8 Å². The van der Waals surface area contributed by atoms with Crippen molar-refractivity contribution >= 4 is 22.8 Å². The highest BCUT2D eigenvalue weighted by Crippen LogP contribution is 2.31. The molecule has 0 bridgehead atoms. The van der Waals surface area contributed by atoms with E-state index in [9.17, 15) is 19.5 Å². The summed E-state index contributed by atoms with van der Waals surface area (Å²) in [5, 5.41) is 22.0. The molecule has 1 aliphatic rings. The number of aliphatic carboxylic acids is 1. The zero-order chi connectivity index (χ0) is 21.4. The molecular formula is C23H22N2O5. The molecule has 7 nitrogen and oxygen atoms in total. The first-order chi connectivity index (χ1) is 14.3. The van der Waals surface area contributed by atoms with E-state index in [1.807, 2.05) is 18.2 Å². The molecule has 0 fully saturated rings. The summed E-state index contributed by atoms with van der Waals surface area (Å²) >= 11 is 0. The quantitative estimate of drug-likeness (QED) is 0.601. The molecule has 1 heterocycles. The van der Waals surface area contributed by atoms with Gasteiger partial charge in [-0.3, -0.25) is 14.4 Å². The SMILES string of the molecule is Cn1c(=O)c(C(=O)NCC(=O)O)c(O)c2cc(CC3Cc4ccccc4C3)ccc21. The van der Waals surface area contributed by atoms with Crippen LogP contribution in [0.25, 0.3) is 10.9 Å². The number of pyridine rings is 1. The number of hydrogen-bond acceptors (Lipinski definition) is 4. The maximum absolute atomic E-state index is 12.6. The van der Waals surface area contributed by atoms with E-state index >= 15 is 0 Å². The summed E-state index contributed by atoms with van der Waals surface area (Å²) < 4.78 is 1.29. The lowest BCUT2D eigenvalue weighted by atomic mass is 9.95. The van der Waals surface area contributed by atoms with Crippen LogP contribution in [0.15, 0.2) is 47.3 Å². The summed E-state index contributed by atoms with van der Waals surface area (Å²) in [7, 11) is 1.52. The van der Waals surface area contributed by atoms with Crippen molar-refractivity contribution in [1.29, 1.82) is 0 Å². The minimum Gasteiger partial charge on any atom is -0.506 e. The first kappa shape index (κ1) is 19.7. The van der Waals surface area contributed by atoms with Crippen LogP contribution in [0.4, 0.5) is 0 Å². The zero-order valence-electron chi connectivity index (χ0n) is 16.5. The molecule has 1 aliphatic carbocycles. The Hall–Kier alpha value is -3.61. The summed E-state index contributed by atoms with van der Waals surface area (Å²) in [5.41, 5.74) is 3.12. The highest BCUT2D eigenvalue weighted by Gasteiger charge is 2.24. The molecule has 4 rings (SSSR count). The number of nitrogens with one attached hydrogen (secondary N) is 1. The van der Waals surface area contributed by atoms with Crippen LogP contribution in [0.2, 0.25) is 0 Å². The van der Waals surface area contributed by atoms with Crippen LogP contribution >= 0.6 is 0 Å².